The normalized spacial score (nSPS) is 22.9. The summed E-state index contributed by atoms with van der Waals surface area (Å²) >= 11 is 19.6. The minimum atomic E-state index is -1.35. The molecule has 1 aliphatic heterocycles. The van der Waals surface area contributed by atoms with Gasteiger partial charge in [-0.2, -0.15) is 0 Å². The number of halogens is 3. The van der Waals surface area contributed by atoms with Crippen LogP contribution in [-0.2, 0) is 0 Å². The summed E-state index contributed by atoms with van der Waals surface area (Å²) in [5, 5.41) is 0. The fourth-order valence-electron chi connectivity index (χ4n) is 4.81. The maximum atomic E-state index is 6.55. The monoisotopic (exact) mass is 403 g/mol. The lowest BCUT2D eigenvalue weighted by atomic mass is 9.81. The summed E-state index contributed by atoms with van der Waals surface area (Å²) in [6.45, 7) is 17.9. The van der Waals surface area contributed by atoms with E-state index in [-0.39, 0.29) is 17.0 Å². The molecule has 1 saturated heterocycles. The Morgan fingerprint density at radius 2 is 1.40 bits per heavy atom. The summed E-state index contributed by atoms with van der Waals surface area (Å²) in [5.74, 6) is 0.813. The summed E-state index contributed by atoms with van der Waals surface area (Å²) in [4.78, 5) is 2.42. The van der Waals surface area contributed by atoms with Gasteiger partial charge in [-0.15, -0.1) is 0 Å². The molecular weight excluding hydrogens is 373 g/mol. The Labute approximate surface area is 169 Å². The van der Waals surface area contributed by atoms with Crippen LogP contribution in [0.15, 0.2) is 18.2 Å². The van der Waals surface area contributed by atoms with Crippen LogP contribution in [0.4, 0.5) is 5.69 Å². The predicted octanol–water partition coefficient (Wildman–Crippen LogP) is 7.69. The molecule has 1 aliphatic rings. The van der Waals surface area contributed by atoms with E-state index in [1.54, 1.807) is 0 Å². The Balaban J connectivity index is 2.81. The van der Waals surface area contributed by atoms with E-state index >= 15 is 0 Å². The van der Waals surface area contributed by atoms with Crippen molar-refractivity contribution in [2.24, 2.45) is 5.41 Å². The molecule has 1 heterocycles. The van der Waals surface area contributed by atoms with E-state index in [0.29, 0.717) is 11.8 Å². The molecule has 1 aromatic rings. The van der Waals surface area contributed by atoms with Crippen LogP contribution in [0.2, 0.25) is 0 Å². The summed E-state index contributed by atoms with van der Waals surface area (Å²) in [5.41, 5.74) is 3.73. The SMILES string of the molecule is CC(C)c1cccc(C(C)C)c1N1C(C(Cl)(Cl)Cl)C(C)(C)CC1(C)C. The van der Waals surface area contributed by atoms with Gasteiger partial charge in [0.2, 0.25) is 3.79 Å². The molecule has 4 heteroatoms. The summed E-state index contributed by atoms with van der Waals surface area (Å²) in [7, 11) is 0. The number of nitrogens with zero attached hydrogens (tertiary/aromatic N) is 1. The molecule has 1 fully saturated rings. The van der Waals surface area contributed by atoms with E-state index in [1.807, 2.05) is 0 Å². The number of hydrogen-bond donors (Lipinski definition) is 0. The van der Waals surface area contributed by atoms with Crippen LogP contribution in [0.5, 0.6) is 0 Å². The Kier molecular flexibility index (Phi) is 5.77. The van der Waals surface area contributed by atoms with Crippen LogP contribution in [0.3, 0.4) is 0 Å². The fraction of sp³-hybridized carbons (Fsp3) is 0.714. The van der Waals surface area contributed by atoms with Crippen molar-refractivity contribution in [1.82, 2.24) is 0 Å². The lowest BCUT2D eigenvalue weighted by molar-refractivity contribution is 0.318. The van der Waals surface area contributed by atoms with Crippen LogP contribution >= 0.6 is 34.8 Å². The van der Waals surface area contributed by atoms with Crippen molar-refractivity contribution in [1.29, 1.82) is 0 Å². The number of para-hydroxylation sites is 1. The molecule has 2 rings (SSSR count). The van der Waals surface area contributed by atoms with E-state index in [1.165, 1.54) is 16.8 Å². The third-order valence-electron chi connectivity index (χ3n) is 5.43. The predicted molar refractivity (Wildman–Crippen MR) is 114 cm³/mol. The molecule has 0 aromatic heterocycles. The second-order valence-electron chi connectivity index (χ2n) is 9.39. The van der Waals surface area contributed by atoms with Gasteiger partial charge in [-0.1, -0.05) is 94.5 Å². The molecule has 0 radical (unpaired) electrons. The maximum absolute atomic E-state index is 6.55. The Hall–Kier alpha value is -0.110. The highest BCUT2D eigenvalue weighted by atomic mass is 35.6. The minimum absolute atomic E-state index is 0.0906. The Bertz CT molecular complexity index is 600. The van der Waals surface area contributed by atoms with E-state index in [2.05, 4.69) is 78.5 Å². The van der Waals surface area contributed by atoms with Crippen LogP contribution in [-0.4, -0.2) is 15.4 Å². The zero-order valence-electron chi connectivity index (χ0n) is 16.8. The molecule has 0 amide bonds. The maximum Gasteiger partial charge on any atom is 0.211 e. The van der Waals surface area contributed by atoms with Gasteiger partial charge >= 0.3 is 0 Å². The van der Waals surface area contributed by atoms with Gasteiger partial charge in [-0.25, -0.2) is 0 Å². The molecule has 0 N–H and O–H groups in total. The van der Waals surface area contributed by atoms with E-state index in [0.717, 1.165) is 6.42 Å². The lowest BCUT2D eigenvalue weighted by Gasteiger charge is -2.45. The van der Waals surface area contributed by atoms with Gasteiger partial charge in [0.1, 0.15) is 0 Å². The molecule has 25 heavy (non-hydrogen) atoms. The van der Waals surface area contributed by atoms with Crippen molar-refractivity contribution < 1.29 is 0 Å². The number of rotatable bonds is 3. The molecule has 0 spiro atoms. The van der Waals surface area contributed by atoms with Crippen molar-refractivity contribution in [2.75, 3.05) is 4.90 Å². The van der Waals surface area contributed by atoms with Gasteiger partial charge in [0.15, 0.2) is 0 Å². The molecule has 0 saturated carbocycles. The standard InChI is InChI=1S/C21H32Cl3N/c1-13(2)15-10-9-11-16(14(3)4)17(15)25-18(21(22,23)24)19(5,6)12-20(25,7)8/h9-11,13-14,18H,12H2,1-8H3. The third kappa shape index (κ3) is 3.94. The van der Waals surface area contributed by atoms with Crippen molar-refractivity contribution in [3.8, 4) is 0 Å². The smallest absolute Gasteiger partial charge is 0.211 e. The molecule has 1 aromatic carbocycles. The van der Waals surface area contributed by atoms with Crippen LogP contribution in [0, 0.1) is 5.41 Å². The summed E-state index contributed by atoms with van der Waals surface area (Å²) in [6, 6.07) is 6.43. The van der Waals surface area contributed by atoms with Gasteiger partial charge in [0.25, 0.3) is 0 Å². The van der Waals surface area contributed by atoms with Crippen molar-refractivity contribution >= 4 is 40.5 Å². The fourth-order valence-corrected chi connectivity index (χ4v) is 5.99. The molecule has 0 bridgehead atoms. The van der Waals surface area contributed by atoms with Gasteiger partial charge in [0.05, 0.1) is 6.04 Å². The topological polar surface area (TPSA) is 3.24 Å². The van der Waals surface area contributed by atoms with E-state index < -0.39 is 3.79 Å². The first kappa shape index (κ1) is 21.2. The Morgan fingerprint density at radius 3 is 1.76 bits per heavy atom. The highest BCUT2D eigenvalue weighted by molar-refractivity contribution is 6.68. The summed E-state index contributed by atoms with van der Waals surface area (Å²) < 4.78 is -1.35. The van der Waals surface area contributed by atoms with Gasteiger partial charge in [0, 0.05) is 11.2 Å². The summed E-state index contributed by atoms with van der Waals surface area (Å²) in [6.07, 6.45) is 0.975. The molecule has 0 aliphatic carbocycles. The zero-order valence-corrected chi connectivity index (χ0v) is 19.0. The molecule has 142 valence electrons. The number of alkyl halides is 3. The molecule has 1 nitrogen and oxygen atoms in total. The van der Waals surface area contributed by atoms with E-state index in [9.17, 15) is 0 Å². The first-order chi connectivity index (χ1) is 11.2. The third-order valence-corrected chi connectivity index (χ3v) is 6.05. The van der Waals surface area contributed by atoms with Gasteiger partial charge in [-0.3, -0.25) is 0 Å². The second kappa shape index (κ2) is 6.80. The van der Waals surface area contributed by atoms with Crippen molar-refractivity contribution in [3.05, 3.63) is 29.3 Å². The van der Waals surface area contributed by atoms with Crippen LogP contribution in [0.1, 0.15) is 84.8 Å². The highest BCUT2D eigenvalue weighted by Gasteiger charge is 2.58. The number of benzene rings is 1. The van der Waals surface area contributed by atoms with Crippen LogP contribution in [0.25, 0.3) is 0 Å². The van der Waals surface area contributed by atoms with Crippen molar-refractivity contribution in [3.63, 3.8) is 0 Å². The van der Waals surface area contributed by atoms with E-state index in [4.69, 9.17) is 34.8 Å². The average molecular weight is 405 g/mol. The van der Waals surface area contributed by atoms with Gasteiger partial charge < -0.3 is 4.90 Å². The minimum Gasteiger partial charge on any atom is -0.358 e. The van der Waals surface area contributed by atoms with Crippen LogP contribution < -0.4 is 4.90 Å². The Morgan fingerprint density at radius 1 is 0.960 bits per heavy atom. The quantitative estimate of drug-likeness (QED) is 0.467. The van der Waals surface area contributed by atoms with Gasteiger partial charge in [-0.05, 0) is 48.6 Å². The lowest BCUT2D eigenvalue weighted by Crippen LogP contribution is -2.52. The molecule has 1 unspecified atom stereocenters. The van der Waals surface area contributed by atoms with Crippen molar-refractivity contribution in [2.45, 2.75) is 89.0 Å². The average Bonchev–Trinajstić information content (AvgIpc) is 2.61. The number of hydrogen-bond acceptors (Lipinski definition) is 1. The number of anilines is 1. The zero-order chi connectivity index (χ0) is 19.4. The first-order valence-electron chi connectivity index (χ1n) is 9.19. The highest BCUT2D eigenvalue weighted by Crippen LogP contribution is 2.57. The largest absolute Gasteiger partial charge is 0.358 e. The first-order valence-corrected chi connectivity index (χ1v) is 10.3. The molecule has 1 atom stereocenters. The molecular formula is C21H32Cl3N. The second-order valence-corrected chi connectivity index (χ2v) is 11.8.